The van der Waals surface area contributed by atoms with E-state index < -0.39 is 37.9 Å². The molecule has 0 aliphatic heterocycles. The van der Waals surface area contributed by atoms with Crippen LogP contribution in [0.5, 0.6) is 0 Å². The van der Waals surface area contributed by atoms with E-state index in [-0.39, 0.29) is 26.2 Å². The first-order valence-electron chi connectivity index (χ1n) is 10.2. The van der Waals surface area contributed by atoms with Gasteiger partial charge < -0.3 is 21.9 Å². The van der Waals surface area contributed by atoms with Crippen LogP contribution in [0.4, 0.5) is 23.7 Å². The topological polar surface area (TPSA) is 206 Å². The second-order valence-corrected chi connectivity index (χ2v) is 14.3. The summed E-state index contributed by atoms with van der Waals surface area (Å²) in [6, 6.07) is 12.3. The van der Waals surface area contributed by atoms with E-state index in [2.05, 4.69) is 25.0 Å². The number of alkyl halides is 3. The van der Waals surface area contributed by atoms with Gasteiger partial charge in [-0.25, -0.2) is 13.8 Å². The van der Waals surface area contributed by atoms with Gasteiger partial charge in [-0.15, -0.1) is 23.1 Å². The SMILES string of the molecule is CSc1sc(C(=N)N)cc1S(=O)(=NS(=O)(=O)c1cccc(NC(N)=O)c1)c1cccc(Br)c1.O=C(O)C(F)(F)F. The quantitative estimate of drug-likeness (QED) is 0.130. The first-order chi connectivity index (χ1) is 18.4. The molecular weight excluding hydrogens is 683 g/mol. The number of hydrogen-bond donors (Lipinski definition) is 5. The third kappa shape index (κ3) is 8.43. The van der Waals surface area contributed by atoms with Gasteiger partial charge in [-0.1, -0.05) is 31.8 Å². The van der Waals surface area contributed by atoms with Crippen molar-refractivity contribution in [2.24, 2.45) is 15.2 Å². The molecule has 1 aromatic heterocycles. The number of carboxylic acids is 1. The summed E-state index contributed by atoms with van der Waals surface area (Å²) in [5.41, 5.74) is 10.9. The Bertz CT molecular complexity index is 1690. The Morgan fingerprint density at radius 1 is 1.07 bits per heavy atom. The maximum Gasteiger partial charge on any atom is 0.490 e. The van der Waals surface area contributed by atoms with Crippen LogP contribution >= 0.6 is 39.0 Å². The second kappa shape index (κ2) is 13.0. The number of halogens is 4. The molecule has 11 nitrogen and oxygen atoms in total. The van der Waals surface area contributed by atoms with Gasteiger partial charge in [0.2, 0.25) is 0 Å². The number of anilines is 1. The molecule has 3 rings (SSSR count). The lowest BCUT2D eigenvalue weighted by Crippen LogP contribution is -2.21. The van der Waals surface area contributed by atoms with Crippen molar-refractivity contribution < 1.29 is 40.5 Å². The van der Waals surface area contributed by atoms with Crippen molar-refractivity contribution in [3.63, 3.8) is 0 Å². The molecule has 1 heterocycles. The van der Waals surface area contributed by atoms with Crippen molar-refractivity contribution in [1.82, 2.24) is 0 Å². The molecule has 0 fully saturated rings. The van der Waals surface area contributed by atoms with Gasteiger partial charge in [0.1, 0.15) is 15.6 Å². The number of urea groups is 1. The van der Waals surface area contributed by atoms with Gasteiger partial charge in [-0.3, -0.25) is 5.41 Å². The van der Waals surface area contributed by atoms with Gasteiger partial charge in [-0.05, 0) is 48.7 Å². The number of nitrogens with one attached hydrogen (secondary N) is 2. The third-order valence-electron chi connectivity index (χ3n) is 4.38. The van der Waals surface area contributed by atoms with Gasteiger partial charge >= 0.3 is 18.2 Å². The lowest BCUT2D eigenvalue weighted by Gasteiger charge is -2.12. The van der Waals surface area contributed by atoms with Gasteiger partial charge in [0.25, 0.3) is 10.0 Å². The fourth-order valence-electron chi connectivity index (χ4n) is 2.73. The zero-order chi connectivity index (χ0) is 30.5. The summed E-state index contributed by atoms with van der Waals surface area (Å²) in [4.78, 5) is 20.4. The standard InChI is InChI=1S/C19H18BrN5O4S4.C2HF3O2/c1-30-18-16(10-15(31-18)17(21)22)32(27,13-6-2-4-11(20)8-13)25-33(28,29)14-7-3-5-12(9-14)24-19(23)26;3-2(4,5)1(6)7/h2-10H,1H3,(H3,21,22)(H3,23,24,26);(H,6,7). The number of benzene rings is 2. The van der Waals surface area contributed by atoms with Crippen LogP contribution in [0, 0.1) is 5.41 Å². The zero-order valence-electron chi connectivity index (χ0n) is 19.9. The second-order valence-electron chi connectivity index (χ2n) is 7.23. The number of thiophene rings is 1. The van der Waals surface area contributed by atoms with Crippen molar-refractivity contribution in [1.29, 1.82) is 5.41 Å². The van der Waals surface area contributed by atoms with E-state index in [4.69, 9.17) is 26.8 Å². The highest BCUT2D eigenvalue weighted by Gasteiger charge is 2.38. The van der Waals surface area contributed by atoms with Gasteiger partial charge in [0.05, 0.1) is 23.8 Å². The van der Waals surface area contributed by atoms with E-state index in [1.807, 2.05) is 0 Å². The minimum absolute atomic E-state index is 0.145. The molecule has 0 spiro atoms. The molecular formula is C21H19BrF3N5O6S4. The molecule has 0 saturated heterocycles. The fourth-order valence-corrected chi connectivity index (χ4v) is 9.87. The number of sulfonamides is 1. The summed E-state index contributed by atoms with van der Waals surface area (Å²) in [7, 11) is -8.20. The lowest BCUT2D eigenvalue weighted by atomic mass is 10.3. The van der Waals surface area contributed by atoms with Crippen molar-refractivity contribution >= 4 is 82.3 Å². The van der Waals surface area contributed by atoms with E-state index in [9.17, 15) is 30.6 Å². The summed E-state index contributed by atoms with van der Waals surface area (Å²) >= 11 is 5.70. The Kier molecular flexibility index (Phi) is 10.8. The van der Waals surface area contributed by atoms with Crippen molar-refractivity contribution in [2.45, 2.75) is 25.1 Å². The molecule has 0 bridgehead atoms. The number of carbonyl (C=O) groups excluding carboxylic acids is 1. The predicted octanol–water partition coefficient (Wildman–Crippen LogP) is 4.92. The molecule has 40 heavy (non-hydrogen) atoms. The average Bonchev–Trinajstić information content (AvgIpc) is 3.29. The van der Waals surface area contributed by atoms with Crippen LogP contribution < -0.4 is 16.8 Å². The predicted molar refractivity (Wildman–Crippen MR) is 149 cm³/mol. The van der Waals surface area contributed by atoms with Crippen LogP contribution in [0.3, 0.4) is 0 Å². The Morgan fingerprint density at radius 3 is 2.15 bits per heavy atom. The van der Waals surface area contributed by atoms with E-state index in [1.54, 1.807) is 18.4 Å². The number of nitrogens with two attached hydrogens (primary N) is 2. The Morgan fingerprint density at radius 2 is 1.65 bits per heavy atom. The lowest BCUT2D eigenvalue weighted by molar-refractivity contribution is -0.192. The Labute approximate surface area is 243 Å². The number of amidine groups is 1. The molecule has 3 aromatic rings. The van der Waals surface area contributed by atoms with Crippen LogP contribution in [0.15, 0.2) is 81.7 Å². The van der Waals surface area contributed by atoms with Crippen LogP contribution in [-0.4, -0.2) is 48.0 Å². The number of thioether (sulfide) groups is 1. The number of carboxylic acid groups (broad SMARTS) is 1. The Hall–Kier alpha value is -3.13. The smallest absolute Gasteiger partial charge is 0.475 e. The molecule has 0 saturated carbocycles. The highest BCUT2D eigenvalue weighted by Crippen LogP contribution is 2.39. The van der Waals surface area contributed by atoms with Crippen LogP contribution in [0.1, 0.15) is 4.88 Å². The number of aliphatic carboxylic acids is 1. The molecule has 1 atom stereocenters. The summed E-state index contributed by atoms with van der Waals surface area (Å²) in [6.45, 7) is 0. The van der Waals surface area contributed by atoms with E-state index in [0.29, 0.717) is 13.6 Å². The molecule has 2 amide bonds. The normalized spacial score (nSPS) is 12.8. The summed E-state index contributed by atoms with van der Waals surface area (Å²) in [6.07, 6.45) is -3.34. The van der Waals surface area contributed by atoms with Crippen LogP contribution in [0.25, 0.3) is 0 Å². The molecule has 19 heteroatoms. The molecule has 0 aliphatic rings. The first-order valence-corrected chi connectivity index (χ1v) is 16.0. The summed E-state index contributed by atoms with van der Waals surface area (Å²) in [5.74, 6) is -2.99. The number of rotatable bonds is 7. The summed E-state index contributed by atoms with van der Waals surface area (Å²) < 4.78 is 77.8. The maximum absolute atomic E-state index is 14.4. The monoisotopic (exact) mass is 701 g/mol. The van der Waals surface area contributed by atoms with E-state index in [0.717, 1.165) is 11.3 Å². The van der Waals surface area contributed by atoms with Crippen molar-refractivity contribution in [3.05, 3.63) is 63.9 Å². The number of nitrogens with zero attached hydrogens (tertiary/aromatic N) is 1. The minimum atomic E-state index is -5.08. The van der Waals surface area contributed by atoms with Gasteiger partial charge in [0, 0.05) is 10.2 Å². The summed E-state index contributed by atoms with van der Waals surface area (Å²) in [5, 5.41) is 17.2. The number of nitrogen functional groups attached to an aromatic ring is 1. The van der Waals surface area contributed by atoms with E-state index in [1.165, 1.54) is 54.2 Å². The molecule has 1 unspecified atom stereocenters. The molecule has 216 valence electrons. The van der Waals surface area contributed by atoms with E-state index >= 15 is 0 Å². The minimum Gasteiger partial charge on any atom is -0.475 e. The molecule has 2 aromatic carbocycles. The van der Waals surface area contributed by atoms with Gasteiger partial charge in [-0.2, -0.15) is 21.6 Å². The molecule has 0 radical (unpaired) electrons. The third-order valence-corrected chi connectivity index (χ3v) is 11.7. The van der Waals surface area contributed by atoms with Gasteiger partial charge in [0.15, 0.2) is 0 Å². The number of carbonyl (C=O) groups is 2. The van der Waals surface area contributed by atoms with Crippen LogP contribution in [-0.2, 0) is 24.5 Å². The number of hydrogen-bond acceptors (Lipinski definition) is 8. The first kappa shape index (κ1) is 33.1. The maximum atomic E-state index is 14.4. The highest BCUT2D eigenvalue weighted by atomic mass is 79.9. The molecule has 7 N–H and O–H groups in total. The number of amides is 2. The molecule has 0 aliphatic carbocycles. The number of primary amides is 1. The average molecular weight is 703 g/mol. The largest absolute Gasteiger partial charge is 0.490 e. The zero-order valence-corrected chi connectivity index (χ0v) is 24.8. The van der Waals surface area contributed by atoms with Crippen LogP contribution in [0.2, 0.25) is 0 Å². The Balaban J connectivity index is 0.000000708. The van der Waals surface area contributed by atoms with Crippen molar-refractivity contribution in [2.75, 3.05) is 11.6 Å². The van der Waals surface area contributed by atoms with Crippen molar-refractivity contribution in [3.8, 4) is 0 Å². The highest BCUT2D eigenvalue weighted by molar-refractivity contribution is 9.10. The fraction of sp³-hybridized carbons (Fsp3) is 0.0952.